The Morgan fingerprint density at radius 3 is 2.64 bits per heavy atom. The standard InChI is InChI=1S/C8H19NO4S/c1-2-13-7-8-14(11,12)9-5-3-4-6-10/h9-10H,2-8H2,1H3. The van der Waals surface area contributed by atoms with Crippen molar-refractivity contribution in [3.8, 4) is 0 Å². The molecule has 6 heteroatoms. The molecule has 2 N–H and O–H groups in total. The van der Waals surface area contributed by atoms with E-state index in [1.807, 2.05) is 6.92 Å². The van der Waals surface area contributed by atoms with Gasteiger partial charge in [0, 0.05) is 19.8 Å². The summed E-state index contributed by atoms with van der Waals surface area (Å²) >= 11 is 0. The number of hydrogen-bond donors (Lipinski definition) is 2. The molecule has 0 atom stereocenters. The van der Waals surface area contributed by atoms with Crippen LogP contribution in [0.2, 0.25) is 0 Å². The number of rotatable bonds is 9. The van der Waals surface area contributed by atoms with E-state index in [1.165, 1.54) is 0 Å². The molecule has 0 aromatic heterocycles. The molecule has 0 aliphatic heterocycles. The minimum Gasteiger partial charge on any atom is -0.396 e. The van der Waals surface area contributed by atoms with Gasteiger partial charge in [-0.2, -0.15) is 0 Å². The van der Waals surface area contributed by atoms with Crippen LogP contribution in [0.5, 0.6) is 0 Å². The molecule has 0 aliphatic rings. The lowest BCUT2D eigenvalue weighted by atomic mass is 10.3. The van der Waals surface area contributed by atoms with Crippen LogP contribution in [0.3, 0.4) is 0 Å². The second-order valence-electron chi connectivity index (χ2n) is 2.84. The Hall–Kier alpha value is -0.170. The van der Waals surface area contributed by atoms with Gasteiger partial charge in [-0.1, -0.05) is 0 Å². The lowest BCUT2D eigenvalue weighted by molar-refractivity contribution is 0.163. The molecule has 0 saturated heterocycles. The molecule has 5 nitrogen and oxygen atoms in total. The number of unbranched alkanes of at least 4 members (excludes halogenated alkanes) is 1. The first-order valence-corrected chi connectivity index (χ1v) is 6.43. The van der Waals surface area contributed by atoms with Gasteiger partial charge in [0.15, 0.2) is 0 Å². The highest BCUT2D eigenvalue weighted by Gasteiger charge is 2.08. The van der Waals surface area contributed by atoms with Crippen molar-refractivity contribution in [2.75, 3.05) is 32.1 Å². The van der Waals surface area contributed by atoms with Gasteiger partial charge in [0.05, 0.1) is 12.4 Å². The van der Waals surface area contributed by atoms with E-state index in [2.05, 4.69) is 4.72 Å². The van der Waals surface area contributed by atoms with Gasteiger partial charge in [0.2, 0.25) is 10.0 Å². The quantitative estimate of drug-likeness (QED) is 0.529. The van der Waals surface area contributed by atoms with Crippen LogP contribution in [-0.4, -0.2) is 45.6 Å². The summed E-state index contributed by atoms with van der Waals surface area (Å²) in [4.78, 5) is 0. The molecule has 86 valence electrons. The molecule has 0 aromatic rings. The van der Waals surface area contributed by atoms with Gasteiger partial charge in [-0.25, -0.2) is 13.1 Å². The van der Waals surface area contributed by atoms with E-state index >= 15 is 0 Å². The topological polar surface area (TPSA) is 75.6 Å². The van der Waals surface area contributed by atoms with Crippen molar-refractivity contribution in [2.45, 2.75) is 19.8 Å². The molecule has 0 bridgehead atoms. The lowest BCUT2D eigenvalue weighted by Crippen LogP contribution is -2.29. The summed E-state index contributed by atoms with van der Waals surface area (Å²) in [5.74, 6) is -0.0000347. The van der Waals surface area contributed by atoms with Crippen molar-refractivity contribution in [1.82, 2.24) is 4.72 Å². The Labute approximate surface area is 85.5 Å². The summed E-state index contributed by atoms with van der Waals surface area (Å²) in [6.07, 6.45) is 1.28. The van der Waals surface area contributed by atoms with Gasteiger partial charge < -0.3 is 9.84 Å². The first-order valence-electron chi connectivity index (χ1n) is 4.78. The molecule has 0 heterocycles. The van der Waals surface area contributed by atoms with Crippen LogP contribution in [0.1, 0.15) is 19.8 Å². The minimum absolute atomic E-state index is 0.0000347. The molecule has 0 saturated carbocycles. The summed E-state index contributed by atoms with van der Waals surface area (Å²) < 4.78 is 29.8. The maximum Gasteiger partial charge on any atom is 0.213 e. The first kappa shape index (κ1) is 13.8. The van der Waals surface area contributed by atoms with E-state index in [1.54, 1.807) is 0 Å². The van der Waals surface area contributed by atoms with Crippen LogP contribution in [0.4, 0.5) is 0 Å². The summed E-state index contributed by atoms with van der Waals surface area (Å²) in [5.41, 5.74) is 0. The molecule has 0 unspecified atom stereocenters. The second kappa shape index (κ2) is 8.16. The highest BCUT2D eigenvalue weighted by molar-refractivity contribution is 7.89. The zero-order chi connectivity index (χ0) is 10.9. The summed E-state index contributed by atoms with van der Waals surface area (Å²) in [7, 11) is -3.19. The maximum atomic E-state index is 11.2. The predicted octanol–water partition coefficient (Wildman–Crippen LogP) is -0.285. The predicted molar refractivity (Wildman–Crippen MR) is 54.6 cm³/mol. The van der Waals surface area contributed by atoms with Crippen molar-refractivity contribution in [2.24, 2.45) is 0 Å². The van der Waals surface area contributed by atoms with Crippen LogP contribution in [0.15, 0.2) is 0 Å². The van der Waals surface area contributed by atoms with E-state index in [0.29, 0.717) is 26.0 Å². The molecule has 0 aliphatic carbocycles. The summed E-state index contributed by atoms with van der Waals surface area (Å²) in [5, 5.41) is 8.47. The highest BCUT2D eigenvalue weighted by Crippen LogP contribution is 1.89. The molecule has 0 spiro atoms. The number of sulfonamides is 1. The Kier molecular flexibility index (Phi) is 8.07. The van der Waals surface area contributed by atoms with Gasteiger partial charge in [-0.15, -0.1) is 0 Å². The van der Waals surface area contributed by atoms with Crippen molar-refractivity contribution in [3.05, 3.63) is 0 Å². The maximum absolute atomic E-state index is 11.2. The number of aliphatic hydroxyl groups excluding tert-OH is 1. The van der Waals surface area contributed by atoms with Crippen molar-refractivity contribution < 1.29 is 18.3 Å². The Morgan fingerprint density at radius 2 is 2.07 bits per heavy atom. The Morgan fingerprint density at radius 1 is 1.36 bits per heavy atom. The van der Waals surface area contributed by atoms with Crippen LogP contribution in [0.25, 0.3) is 0 Å². The monoisotopic (exact) mass is 225 g/mol. The number of hydrogen-bond acceptors (Lipinski definition) is 4. The summed E-state index contributed by atoms with van der Waals surface area (Å²) in [6, 6.07) is 0. The van der Waals surface area contributed by atoms with E-state index in [0.717, 1.165) is 0 Å². The molecule has 14 heavy (non-hydrogen) atoms. The van der Waals surface area contributed by atoms with E-state index < -0.39 is 10.0 Å². The van der Waals surface area contributed by atoms with E-state index in [4.69, 9.17) is 9.84 Å². The SMILES string of the molecule is CCOCCS(=O)(=O)NCCCCO. The van der Waals surface area contributed by atoms with E-state index in [-0.39, 0.29) is 19.0 Å². The zero-order valence-corrected chi connectivity index (χ0v) is 9.35. The van der Waals surface area contributed by atoms with Gasteiger partial charge >= 0.3 is 0 Å². The fraction of sp³-hybridized carbons (Fsp3) is 1.00. The Balaban J connectivity index is 3.52. The number of ether oxygens (including phenoxy) is 1. The average molecular weight is 225 g/mol. The van der Waals surface area contributed by atoms with Crippen LogP contribution < -0.4 is 4.72 Å². The lowest BCUT2D eigenvalue weighted by Gasteiger charge is -2.05. The second-order valence-corrected chi connectivity index (χ2v) is 4.77. The molecular formula is C8H19NO4S. The normalized spacial score (nSPS) is 11.9. The molecule has 0 fully saturated rings. The van der Waals surface area contributed by atoms with Crippen LogP contribution in [-0.2, 0) is 14.8 Å². The first-order chi connectivity index (χ1) is 6.62. The van der Waals surface area contributed by atoms with Gasteiger partial charge in [0.25, 0.3) is 0 Å². The fourth-order valence-corrected chi connectivity index (χ4v) is 1.79. The third-order valence-electron chi connectivity index (χ3n) is 1.61. The highest BCUT2D eigenvalue weighted by atomic mass is 32.2. The Bertz CT molecular complexity index is 215. The zero-order valence-electron chi connectivity index (χ0n) is 8.53. The largest absolute Gasteiger partial charge is 0.396 e. The average Bonchev–Trinajstić information content (AvgIpc) is 2.13. The van der Waals surface area contributed by atoms with Gasteiger partial charge in [-0.05, 0) is 19.8 Å². The molecular weight excluding hydrogens is 206 g/mol. The molecule has 0 amide bonds. The number of aliphatic hydroxyl groups is 1. The van der Waals surface area contributed by atoms with Gasteiger partial charge in [0.1, 0.15) is 0 Å². The van der Waals surface area contributed by atoms with Crippen molar-refractivity contribution in [1.29, 1.82) is 0 Å². The van der Waals surface area contributed by atoms with Crippen LogP contribution >= 0.6 is 0 Å². The number of nitrogens with one attached hydrogen (secondary N) is 1. The minimum atomic E-state index is -3.19. The fourth-order valence-electron chi connectivity index (χ4n) is 0.850. The third kappa shape index (κ3) is 8.43. The van der Waals surface area contributed by atoms with Crippen molar-refractivity contribution in [3.63, 3.8) is 0 Å². The van der Waals surface area contributed by atoms with Gasteiger partial charge in [-0.3, -0.25) is 0 Å². The molecule has 0 radical (unpaired) electrons. The molecule has 0 rings (SSSR count). The van der Waals surface area contributed by atoms with Crippen LogP contribution in [0, 0.1) is 0 Å². The van der Waals surface area contributed by atoms with Crippen molar-refractivity contribution >= 4 is 10.0 Å². The summed E-state index contributed by atoms with van der Waals surface area (Å²) in [6.45, 7) is 3.06. The van der Waals surface area contributed by atoms with E-state index in [9.17, 15) is 8.42 Å². The third-order valence-corrected chi connectivity index (χ3v) is 2.96. The smallest absolute Gasteiger partial charge is 0.213 e. The molecule has 0 aromatic carbocycles.